The highest BCUT2D eigenvalue weighted by Gasteiger charge is 2.12. The van der Waals surface area contributed by atoms with Gasteiger partial charge in [-0.1, -0.05) is 48.0 Å². The van der Waals surface area contributed by atoms with Crippen molar-refractivity contribution < 1.29 is 0 Å². The van der Waals surface area contributed by atoms with Crippen LogP contribution < -0.4 is 5.73 Å². The van der Waals surface area contributed by atoms with Crippen LogP contribution in [0.1, 0.15) is 21.9 Å². The van der Waals surface area contributed by atoms with Crippen LogP contribution in [0.25, 0.3) is 0 Å². The van der Waals surface area contributed by atoms with Crippen LogP contribution in [0.15, 0.2) is 48.5 Å². The fourth-order valence-corrected chi connectivity index (χ4v) is 3.30. The normalized spacial score (nSPS) is 12.4. The van der Waals surface area contributed by atoms with Crippen molar-refractivity contribution in [2.24, 2.45) is 5.73 Å². The van der Waals surface area contributed by atoms with E-state index in [0.29, 0.717) is 11.8 Å². The Hall–Kier alpha value is -0.960. The van der Waals surface area contributed by atoms with Crippen molar-refractivity contribution in [3.05, 3.63) is 70.2 Å². The summed E-state index contributed by atoms with van der Waals surface area (Å²) in [5, 5.41) is 1.12. The SMILES string of the molecule is Cc1ccccc1C(CN)SCc1ccc(Cl)cc1. The molecular formula is C16H18ClNS. The molecule has 0 saturated heterocycles. The fraction of sp³-hybridized carbons (Fsp3) is 0.250. The van der Waals surface area contributed by atoms with Crippen LogP contribution in [0.4, 0.5) is 0 Å². The Bertz CT molecular complexity index is 525. The highest BCUT2D eigenvalue weighted by atomic mass is 35.5. The van der Waals surface area contributed by atoms with Crippen molar-refractivity contribution in [1.29, 1.82) is 0 Å². The molecule has 1 unspecified atom stereocenters. The molecule has 2 rings (SSSR count). The molecule has 2 N–H and O–H groups in total. The standard InChI is InChI=1S/C16H18ClNS/c1-12-4-2-3-5-15(12)16(10-18)19-11-13-6-8-14(17)9-7-13/h2-9,16H,10-11,18H2,1H3. The zero-order chi connectivity index (χ0) is 13.7. The van der Waals surface area contributed by atoms with Crippen LogP contribution in [0.3, 0.4) is 0 Å². The average molecular weight is 292 g/mol. The molecule has 0 radical (unpaired) electrons. The lowest BCUT2D eigenvalue weighted by atomic mass is 10.1. The first-order chi connectivity index (χ1) is 9.20. The predicted molar refractivity (Wildman–Crippen MR) is 85.7 cm³/mol. The van der Waals surface area contributed by atoms with E-state index in [1.807, 2.05) is 23.9 Å². The van der Waals surface area contributed by atoms with Gasteiger partial charge in [0.25, 0.3) is 0 Å². The summed E-state index contributed by atoms with van der Waals surface area (Å²) in [4.78, 5) is 0. The third-order valence-corrected chi connectivity index (χ3v) is 4.71. The highest BCUT2D eigenvalue weighted by molar-refractivity contribution is 7.98. The smallest absolute Gasteiger partial charge is 0.0425 e. The van der Waals surface area contributed by atoms with E-state index in [4.69, 9.17) is 17.3 Å². The van der Waals surface area contributed by atoms with E-state index in [2.05, 4.69) is 43.3 Å². The lowest BCUT2D eigenvalue weighted by Gasteiger charge is -2.17. The van der Waals surface area contributed by atoms with E-state index in [1.54, 1.807) is 0 Å². The molecule has 19 heavy (non-hydrogen) atoms. The summed E-state index contributed by atoms with van der Waals surface area (Å²) in [7, 11) is 0. The Morgan fingerprint density at radius 1 is 1.11 bits per heavy atom. The molecule has 0 spiro atoms. The van der Waals surface area contributed by atoms with Gasteiger partial charge in [0.05, 0.1) is 0 Å². The number of thioether (sulfide) groups is 1. The van der Waals surface area contributed by atoms with Crippen molar-refractivity contribution in [2.75, 3.05) is 6.54 Å². The van der Waals surface area contributed by atoms with E-state index < -0.39 is 0 Å². The number of hydrogen-bond acceptors (Lipinski definition) is 2. The Balaban J connectivity index is 2.04. The lowest BCUT2D eigenvalue weighted by Crippen LogP contribution is -2.10. The molecule has 2 aromatic carbocycles. The second-order valence-corrected chi connectivity index (χ2v) is 6.15. The summed E-state index contributed by atoms with van der Waals surface area (Å²) in [6.07, 6.45) is 0. The van der Waals surface area contributed by atoms with Gasteiger partial charge in [-0.05, 0) is 35.7 Å². The topological polar surface area (TPSA) is 26.0 Å². The minimum absolute atomic E-state index is 0.344. The molecule has 0 bridgehead atoms. The third-order valence-electron chi connectivity index (χ3n) is 3.11. The second-order valence-electron chi connectivity index (χ2n) is 4.52. The lowest BCUT2D eigenvalue weighted by molar-refractivity contribution is 0.930. The summed E-state index contributed by atoms with van der Waals surface area (Å²) in [6, 6.07) is 16.5. The van der Waals surface area contributed by atoms with Gasteiger partial charge in [-0.15, -0.1) is 11.8 Å². The maximum atomic E-state index is 5.92. The first-order valence-corrected chi connectivity index (χ1v) is 7.75. The van der Waals surface area contributed by atoms with E-state index in [9.17, 15) is 0 Å². The summed E-state index contributed by atoms with van der Waals surface area (Å²) in [5.74, 6) is 0.952. The van der Waals surface area contributed by atoms with E-state index in [-0.39, 0.29) is 0 Å². The van der Waals surface area contributed by atoms with Gasteiger partial charge in [0.1, 0.15) is 0 Å². The van der Waals surface area contributed by atoms with Crippen LogP contribution in [-0.4, -0.2) is 6.54 Å². The van der Waals surface area contributed by atoms with Gasteiger partial charge in [-0.2, -0.15) is 0 Å². The van der Waals surface area contributed by atoms with Crippen molar-refractivity contribution in [2.45, 2.75) is 17.9 Å². The Morgan fingerprint density at radius 2 is 1.79 bits per heavy atom. The number of aryl methyl sites for hydroxylation is 1. The maximum absolute atomic E-state index is 5.92. The highest BCUT2D eigenvalue weighted by Crippen LogP contribution is 2.32. The quantitative estimate of drug-likeness (QED) is 0.872. The summed E-state index contributed by atoms with van der Waals surface area (Å²) in [5.41, 5.74) is 9.84. The molecule has 2 aromatic rings. The molecule has 0 aliphatic rings. The predicted octanol–water partition coefficient (Wildman–Crippen LogP) is 4.58. The second kappa shape index (κ2) is 6.99. The minimum atomic E-state index is 0.344. The molecule has 1 atom stereocenters. The molecule has 3 heteroatoms. The average Bonchev–Trinajstić information content (AvgIpc) is 2.43. The van der Waals surface area contributed by atoms with Crippen LogP contribution in [0, 0.1) is 6.92 Å². The van der Waals surface area contributed by atoms with Crippen LogP contribution in [0.5, 0.6) is 0 Å². The van der Waals surface area contributed by atoms with E-state index in [0.717, 1.165) is 10.8 Å². The number of benzene rings is 2. The molecule has 0 saturated carbocycles. The largest absolute Gasteiger partial charge is 0.329 e. The first kappa shape index (κ1) is 14.4. The van der Waals surface area contributed by atoms with E-state index in [1.165, 1.54) is 16.7 Å². The first-order valence-electron chi connectivity index (χ1n) is 6.32. The number of rotatable bonds is 5. The zero-order valence-corrected chi connectivity index (χ0v) is 12.5. The van der Waals surface area contributed by atoms with Crippen LogP contribution in [-0.2, 0) is 5.75 Å². The molecule has 100 valence electrons. The number of halogens is 1. The van der Waals surface area contributed by atoms with E-state index >= 15 is 0 Å². The van der Waals surface area contributed by atoms with Gasteiger partial charge in [-0.25, -0.2) is 0 Å². The van der Waals surface area contributed by atoms with Crippen LogP contribution >= 0.6 is 23.4 Å². The molecule has 0 aliphatic heterocycles. The monoisotopic (exact) mass is 291 g/mol. The summed E-state index contributed by atoms with van der Waals surface area (Å²) in [6.45, 7) is 2.80. The van der Waals surface area contributed by atoms with Crippen molar-refractivity contribution in [3.63, 3.8) is 0 Å². The molecule has 0 heterocycles. The Labute approximate surface area is 124 Å². The van der Waals surface area contributed by atoms with Crippen LogP contribution in [0.2, 0.25) is 5.02 Å². The van der Waals surface area contributed by atoms with Gasteiger partial charge in [-0.3, -0.25) is 0 Å². The molecular weight excluding hydrogens is 274 g/mol. The summed E-state index contributed by atoms with van der Waals surface area (Å²) < 4.78 is 0. The zero-order valence-electron chi connectivity index (χ0n) is 11.0. The number of nitrogens with two attached hydrogens (primary N) is 1. The molecule has 1 nitrogen and oxygen atoms in total. The molecule has 0 amide bonds. The van der Waals surface area contributed by atoms with Crippen molar-refractivity contribution in [1.82, 2.24) is 0 Å². The van der Waals surface area contributed by atoms with Gasteiger partial charge < -0.3 is 5.73 Å². The van der Waals surface area contributed by atoms with Gasteiger partial charge in [0.15, 0.2) is 0 Å². The molecule has 0 fully saturated rings. The molecule has 0 aromatic heterocycles. The minimum Gasteiger partial charge on any atom is -0.329 e. The van der Waals surface area contributed by atoms with Gasteiger partial charge in [0, 0.05) is 22.6 Å². The Morgan fingerprint density at radius 3 is 2.42 bits per heavy atom. The van der Waals surface area contributed by atoms with Gasteiger partial charge in [0.2, 0.25) is 0 Å². The Kier molecular flexibility index (Phi) is 5.32. The third kappa shape index (κ3) is 4.00. The summed E-state index contributed by atoms with van der Waals surface area (Å²) >= 11 is 7.77. The number of hydrogen-bond donors (Lipinski definition) is 1. The van der Waals surface area contributed by atoms with Gasteiger partial charge >= 0.3 is 0 Å². The fourth-order valence-electron chi connectivity index (χ4n) is 2.01. The molecule has 0 aliphatic carbocycles. The van der Waals surface area contributed by atoms with Crippen molar-refractivity contribution >= 4 is 23.4 Å². The van der Waals surface area contributed by atoms with Crippen molar-refractivity contribution in [3.8, 4) is 0 Å². The maximum Gasteiger partial charge on any atom is 0.0425 e.